The molecular weight excluding hydrogens is 294 g/mol. The van der Waals surface area contributed by atoms with Crippen molar-refractivity contribution in [2.45, 2.75) is 32.6 Å². The van der Waals surface area contributed by atoms with Gasteiger partial charge in [-0.05, 0) is 19.3 Å². The molecule has 0 fully saturated rings. The minimum atomic E-state index is -0.327. The Kier molecular flexibility index (Phi) is 4.41. The number of aromatic amines is 1. The first kappa shape index (κ1) is 15.3. The van der Waals surface area contributed by atoms with E-state index in [1.807, 2.05) is 6.92 Å². The summed E-state index contributed by atoms with van der Waals surface area (Å²) in [6, 6.07) is 1.71. The molecule has 1 aliphatic carbocycles. The number of amides is 1. The number of aromatic nitrogens is 2. The van der Waals surface area contributed by atoms with Crippen molar-refractivity contribution in [2.75, 3.05) is 11.9 Å². The predicted octanol–water partition coefficient (Wildman–Crippen LogP) is 2.97. The number of ether oxygens (including phenoxy) is 1. The third kappa shape index (κ3) is 3.11. The van der Waals surface area contributed by atoms with Crippen molar-refractivity contribution in [2.24, 2.45) is 0 Å². The maximum absolute atomic E-state index is 12.6. The highest BCUT2D eigenvalue weighted by atomic mass is 16.5. The molecule has 0 saturated carbocycles. The summed E-state index contributed by atoms with van der Waals surface area (Å²) in [5.74, 6) is 0.268. The molecule has 6 heteroatoms. The van der Waals surface area contributed by atoms with Crippen LogP contribution in [0.25, 0.3) is 0 Å². The lowest BCUT2D eigenvalue weighted by Crippen LogP contribution is -2.18. The smallest absolute Gasteiger partial charge is 0.258 e. The van der Waals surface area contributed by atoms with Crippen molar-refractivity contribution in [1.29, 1.82) is 0 Å². The number of pyridine rings is 1. The molecule has 0 atom stereocenters. The van der Waals surface area contributed by atoms with E-state index in [-0.39, 0.29) is 11.7 Å². The van der Waals surface area contributed by atoms with Crippen LogP contribution in [-0.4, -0.2) is 28.3 Å². The maximum Gasteiger partial charge on any atom is 0.258 e. The summed E-state index contributed by atoms with van der Waals surface area (Å²) in [7, 11) is 0. The fourth-order valence-electron chi connectivity index (χ4n) is 2.71. The highest BCUT2D eigenvalue weighted by Gasteiger charge is 2.26. The largest absolute Gasteiger partial charge is 0.491 e. The molecule has 2 N–H and O–H groups in total. The van der Waals surface area contributed by atoms with Gasteiger partial charge in [0.2, 0.25) is 0 Å². The summed E-state index contributed by atoms with van der Waals surface area (Å²) < 4.78 is 5.61. The topological polar surface area (TPSA) is 84.1 Å². The van der Waals surface area contributed by atoms with Gasteiger partial charge in [0.05, 0.1) is 23.9 Å². The number of nitrogens with one attached hydrogen (secondary N) is 2. The van der Waals surface area contributed by atoms with Crippen LogP contribution in [0, 0.1) is 0 Å². The number of aryl methyl sites for hydroxylation is 1. The number of carbonyl (C=O) groups excluding carboxylic acids is 2. The molecule has 0 aromatic carbocycles. The number of fused-ring (bicyclic) bond motifs is 1. The third-order valence-corrected chi connectivity index (χ3v) is 3.81. The Morgan fingerprint density at radius 2 is 2.30 bits per heavy atom. The molecule has 0 aliphatic heterocycles. The predicted molar refractivity (Wildman–Crippen MR) is 86.0 cm³/mol. The first-order valence-electron chi connectivity index (χ1n) is 7.82. The van der Waals surface area contributed by atoms with Gasteiger partial charge in [0, 0.05) is 30.6 Å². The molecule has 0 unspecified atom stereocenters. The molecule has 1 amide bonds. The average molecular weight is 313 g/mol. The fraction of sp³-hybridized carbons (Fsp3) is 0.353. The number of nitrogens with zero attached hydrogens (tertiary/aromatic N) is 1. The van der Waals surface area contributed by atoms with Crippen LogP contribution >= 0.6 is 0 Å². The fourth-order valence-corrected chi connectivity index (χ4v) is 2.71. The van der Waals surface area contributed by atoms with Gasteiger partial charge >= 0.3 is 0 Å². The average Bonchev–Trinajstić information content (AvgIpc) is 2.99. The van der Waals surface area contributed by atoms with Gasteiger partial charge in [0.25, 0.3) is 5.91 Å². The van der Waals surface area contributed by atoms with Crippen LogP contribution in [0.15, 0.2) is 24.7 Å². The number of anilines is 1. The van der Waals surface area contributed by atoms with E-state index in [2.05, 4.69) is 15.3 Å². The number of Topliss-reactive ketones (excluding diaryl/α,β-unsaturated/α-hetero) is 1. The number of rotatable bonds is 5. The number of hydrogen-bond acceptors (Lipinski definition) is 4. The summed E-state index contributed by atoms with van der Waals surface area (Å²) in [4.78, 5) is 31.7. The Balaban J connectivity index is 1.83. The quantitative estimate of drug-likeness (QED) is 0.889. The Morgan fingerprint density at radius 3 is 3.13 bits per heavy atom. The van der Waals surface area contributed by atoms with Gasteiger partial charge in [-0.3, -0.25) is 14.6 Å². The minimum Gasteiger partial charge on any atom is -0.491 e. The maximum atomic E-state index is 12.6. The lowest BCUT2D eigenvalue weighted by atomic mass is 9.93. The number of carbonyl (C=O) groups is 2. The zero-order valence-corrected chi connectivity index (χ0v) is 13.0. The zero-order valence-electron chi connectivity index (χ0n) is 13.0. The zero-order chi connectivity index (χ0) is 16.2. The first-order chi connectivity index (χ1) is 11.2. The third-order valence-electron chi connectivity index (χ3n) is 3.81. The standard InChI is InChI=1S/C17H19N3O3/c1-2-8-23-15-6-7-18-10-13(15)20-17(22)11-9-19-12-4-3-5-14(21)16(11)12/h6-7,9-10,19H,2-5,8H2,1H3,(H,20,22). The number of hydrogen-bond donors (Lipinski definition) is 2. The SMILES string of the molecule is CCCOc1ccncc1NC(=O)c1c[nH]c2c1C(=O)CCC2. The Bertz CT molecular complexity index is 736. The van der Waals surface area contributed by atoms with Crippen LogP contribution in [0.2, 0.25) is 0 Å². The van der Waals surface area contributed by atoms with E-state index in [0.29, 0.717) is 35.6 Å². The molecule has 6 nitrogen and oxygen atoms in total. The Labute approximate surface area is 134 Å². The molecule has 0 radical (unpaired) electrons. The molecule has 2 aromatic heterocycles. The summed E-state index contributed by atoms with van der Waals surface area (Å²) in [5, 5.41) is 2.79. The Hall–Kier alpha value is -2.63. The highest BCUT2D eigenvalue weighted by Crippen LogP contribution is 2.27. The second kappa shape index (κ2) is 6.64. The summed E-state index contributed by atoms with van der Waals surface area (Å²) in [6.07, 6.45) is 7.74. The lowest BCUT2D eigenvalue weighted by molar-refractivity contribution is 0.0956. The van der Waals surface area contributed by atoms with Crippen LogP contribution in [-0.2, 0) is 6.42 Å². The molecular formula is C17H19N3O3. The van der Waals surface area contributed by atoms with Crippen molar-refractivity contribution >= 4 is 17.4 Å². The normalized spacial score (nSPS) is 13.5. The van der Waals surface area contributed by atoms with Gasteiger partial charge in [-0.1, -0.05) is 6.92 Å². The molecule has 0 saturated heterocycles. The number of ketones is 1. The van der Waals surface area contributed by atoms with Crippen LogP contribution < -0.4 is 10.1 Å². The van der Waals surface area contributed by atoms with Crippen molar-refractivity contribution in [3.05, 3.63) is 41.5 Å². The van der Waals surface area contributed by atoms with E-state index >= 15 is 0 Å². The van der Waals surface area contributed by atoms with Gasteiger partial charge in [-0.25, -0.2) is 0 Å². The molecule has 0 spiro atoms. The summed E-state index contributed by atoms with van der Waals surface area (Å²) >= 11 is 0. The monoisotopic (exact) mass is 313 g/mol. The van der Waals surface area contributed by atoms with Gasteiger partial charge in [0.1, 0.15) is 11.4 Å². The van der Waals surface area contributed by atoms with Crippen molar-refractivity contribution in [1.82, 2.24) is 9.97 Å². The molecule has 2 aromatic rings. The molecule has 120 valence electrons. The van der Waals surface area contributed by atoms with Crippen LogP contribution in [0.1, 0.15) is 52.6 Å². The van der Waals surface area contributed by atoms with E-state index in [1.54, 1.807) is 24.7 Å². The summed E-state index contributed by atoms with van der Waals surface area (Å²) in [5.41, 5.74) is 2.26. The van der Waals surface area contributed by atoms with E-state index in [1.165, 1.54) is 0 Å². The van der Waals surface area contributed by atoms with E-state index in [4.69, 9.17) is 4.74 Å². The van der Waals surface area contributed by atoms with Crippen LogP contribution in [0.4, 0.5) is 5.69 Å². The minimum absolute atomic E-state index is 0.0197. The second-order valence-electron chi connectivity index (χ2n) is 5.51. The van der Waals surface area contributed by atoms with Crippen LogP contribution in [0.3, 0.4) is 0 Å². The highest BCUT2D eigenvalue weighted by molar-refractivity contribution is 6.13. The van der Waals surface area contributed by atoms with E-state index < -0.39 is 0 Å². The lowest BCUT2D eigenvalue weighted by Gasteiger charge is -2.13. The van der Waals surface area contributed by atoms with E-state index in [9.17, 15) is 9.59 Å². The van der Waals surface area contributed by atoms with Gasteiger partial charge in [0.15, 0.2) is 5.78 Å². The van der Waals surface area contributed by atoms with E-state index in [0.717, 1.165) is 25.0 Å². The Morgan fingerprint density at radius 1 is 1.43 bits per heavy atom. The molecule has 1 aliphatic rings. The molecule has 3 rings (SSSR count). The molecule has 0 bridgehead atoms. The van der Waals surface area contributed by atoms with Crippen molar-refractivity contribution in [3.8, 4) is 5.75 Å². The van der Waals surface area contributed by atoms with Crippen LogP contribution in [0.5, 0.6) is 5.75 Å². The molecule has 23 heavy (non-hydrogen) atoms. The second-order valence-corrected chi connectivity index (χ2v) is 5.51. The molecule has 2 heterocycles. The first-order valence-corrected chi connectivity index (χ1v) is 7.82. The van der Waals surface area contributed by atoms with Gasteiger partial charge < -0.3 is 15.0 Å². The van der Waals surface area contributed by atoms with Gasteiger partial charge in [-0.2, -0.15) is 0 Å². The number of H-pyrrole nitrogens is 1. The summed E-state index contributed by atoms with van der Waals surface area (Å²) in [6.45, 7) is 2.57. The van der Waals surface area contributed by atoms with Gasteiger partial charge in [-0.15, -0.1) is 0 Å². The van der Waals surface area contributed by atoms with Crippen molar-refractivity contribution in [3.63, 3.8) is 0 Å². The van der Waals surface area contributed by atoms with Crippen molar-refractivity contribution < 1.29 is 14.3 Å².